The second-order valence-electron chi connectivity index (χ2n) is 10.9. The molecule has 2 saturated heterocycles. The number of hydrogen-bond donors (Lipinski definition) is 4. The second-order valence-corrected chi connectivity index (χ2v) is 10.9. The predicted octanol–water partition coefficient (Wildman–Crippen LogP) is 1.63. The predicted molar refractivity (Wildman–Crippen MR) is 139 cm³/mol. The van der Waals surface area contributed by atoms with Crippen LogP contribution >= 0.6 is 0 Å². The smallest absolute Gasteiger partial charge is 0.271 e. The van der Waals surface area contributed by atoms with Crippen LogP contribution in [0.2, 0.25) is 0 Å². The topological polar surface area (TPSA) is 141 Å². The lowest BCUT2D eigenvalue weighted by atomic mass is 9.82. The lowest BCUT2D eigenvalue weighted by molar-refractivity contribution is -0.134. The minimum atomic E-state index is -1.00. The normalized spacial score (nSPS) is 27.6. The fourth-order valence-electron chi connectivity index (χ4n) is 6.67. The molecule has 1 aromatic carbocycles. The molecule has 38 heavy (non-hydrogen) atoms. The van der Waals surface area contributed by atoms with E-state index in [2.05, 4.69) is 15.6 Å². The number of nitrogens with one attached hydrogen (secondary N) is 3. The zero-order valence-electron chi connectivity index (χ0n) is 21.9. The van der Waals surface area contributed by atoms with Gasteiger partial charge in [-0.25, -0.2) is 0 Å². The molecule has 4 N–H and O–H groups in total. The van der Waals surface area contributed by atoms with Gasteiger partial charge in [0.25, 0.3) is 5.91 Å². The Bertz CT molecular complexity index is 1240. The number of fused-ring (bicyclic) bond motifs is 2. The van der Waals surface area contributed by atoms with Gasteiger partial charge in [-0.05, 0) is 61.6 Å². The van der Waals surface area contributed by atoms with E-state index < -0.39 is 36.3 Å². The molecule has 6 atom stereocenters. The number of nitrogens with zero attached hydrogens (tertiary/aromatic N) is 1. The molecule has 1 saturated carbocycles. The maximum atomic E-state index is 13.8. The van der Waals surface area contributed by atoms with Crippen LogP contribution < -0.4 is 15.4 Å². The minimum absolute atomic E-state index is 0.000328. The Morgan fingerprint density at radius 3 is 2.79 bits per heavy atom. The Kier molecular flexibility index (Phi) is 7.43. The summed E-state index contributed by atoms with van der Waals surface area (Å²) >= 11 is 0. The third kappa shape index (κ3) is 4.77. The number of likely N-dealkylation sites (tertiary alicyclic amines) is 1. The molecule has 6 unspecified atom stereocenters. The third-order valence-corrected chi connectivity index (χ3v) is 8.77. The van der Waals surface area contributed by atoms with Gasteiger partial charge < -0.3 is 30.4 Å². The number of H-pyrrole nitrogens is 1. The van der Waals surface area contributed by atoms with E-state index in [1.54, 1.807) is 18.1 Å². The summed E-state index contributed by atoms with van der Waals surface area (Å²) in [6.07, 6.45) is 3.66. The number of piperidine rings is 1. The van der Waals surface area contributed by atoms with Crippen molar-refractivity contribution in [3.05, 3.63) is 30.0 Å². The number of amides is 3. The van der Waals surface area contributed by atoms with Crippen molar-refractivity contribution in [3.63, 3.8) is 0 Å². The van der Waals surface area contributed by atoms with Crippen LogP contribution in [0, 0.1) is 23.7 Å². The average Bonchev–Trinajstić information content (AvgIpc) is 3.63. The number of Topliss-reactive ketones (excluding diaryl/α,β-unsaturated/α-hetero) is 1. The minimum Gasteiger partial charge on any atom is -0.496 e. The highest BCUT2D eigenvalue weighted by molar-refractivity contribution is 6.02. The number of methoxy groups -OCH3 is 1. The highest BCUT2D eigenvalue weighted by Crippen LogP contribution is 2.43. The molecule has 2 aromatic rings. The van der Waals surface area contributed by atoms with Crippen molar-refractivity contribution in [1.29, 1.82) is 0 Å². The quantitative estimate of drug-likeness (QED) is 0.414. The molecule has 0 radical (unpaired) electrons. The summed E-state index contributed by atoms with van der Waals surface area (Å²) in [4.78, 5) is 57.5. The highest BCUT2D eigenvalue weighted by atomic mass is 16.5. The van der Waals surface area contributed by atoms with Crippen LogP contribution in [-0.4, -0.2) is 77.4 Å². The van der Waals surface area contributed by atoms with E-state index in [0.717, 1.165) is 36.6 Å². The van der Waals surface area contributed by atoms with E-state index in [-0.39, 0.29) is 36.0 Å². The van der Waals surface area contributed by atoms with Crippen molar-refractivity contribution in [2.45, 2.75) is 51.1 Å². The summed E-state index contributed by atoms with van der Waals surface area (Å²) in [6.45, 7) is 2.28. The average molecular weight is 525 g/mol. The molecule has 3 amide bonds. The Labute approximate surface area is 221 Å². The fraction of sp³-hybridized carbons (Fsp3) is 0.571. The second kappa shape index (κ2) is 10.8. The molecule has 2 aliphatic heterocycles. The van der Waals surface area contributed by atoms with Gasteiger partial charge in [-0.15, -0.1) is 0 Å². The standard InChI is InChI=1S/C28H36N4O6/c1-15-9-10-29-26(35)18(15)11-21(23(34)14-33)31-27(36)25-17-6-3-5-16(17)13-32(25)28(37)22-12-19-20(30-22)7-4-8-24(19)38-2/h4,7-8,12,15-18,21,25,30,33H,3,5-6,9-11,13-14H2,1-2H3,(H,29,35)(H,31,36). The van der Waals surface area contributed by atoms with E-state index in [1.165, 1.54) is 0 Å². The Morgan fingerprint density at radius 2 is 2.05 bits per heavy atom. The zero-order chi connectivity index (χ0) is 27.0. The molecular weight excluding hydrogens is 488 g/mol. The first kappa shape index (κ1) is 26.2. The Hall–Kier alpha value is -3.40. The number of ether oxygens (including phenoxy) is 1. The van der Waals surface area contributed by atoms with Crippen molar-refractivity contribution >= 4 is 34.4 Å². The molecule has 10 heteroatoms. The van der Waals surface area contributed by atoms with Crippen molar-refractivity contribution in [2.75, 3.05) is 26.8 Å². The summed E-state index contributed by atoms with van der Waals surface area (Å²) < 4.78 is 5.43. The highest BCUT2D eigenvalue weighted by Gasteiger charge is 2.50. The molecule has 5 rings (SSSR count). The van der Waals surface area contributed by atoms with Crippen molar-refractivity contribution in [3.8, 4) is 5.75 Å². The third-order valence-electron chi connectivity index (χ3n) is 8.77. The summed E-state index contributed by atoms with van der Waals surface area (Å²) in [5, 5.41) is 16.1. The van der Waals surface area contributed by atoms with Gasteiger partial charge in [-0.2, -0.15) is 0 Å². The van der Waals surface area contributed by atoms with Gasteiger partial charge in [-0.1, -0.05) is 19.4 Å². The van der Waals surface area contributed by atoms with Crippen LogP contribution in [0.5, 0.6) is 5.75 Å². The molecule has 1 aromatic heterocycles. The Morgan fingerprint density at radius 1 is 1.24 bits per heavy atom. The van der Waals surface area contributed by atoms with Crippen molar-refractivity contribution in [2.24, 2.45) is 23.7 Å². The number of aromatic nitrogens is 1. The monoisotopic (exact) mass is 524 g/mol. The van der Waals surface area contributed by atoms with E-state index in [1.807, 2.05) is 25.1 Å². The Balaban J connectivity index is 1.39. The first-order chi connectivity index (χ1) is 18.3. The lowest BCUT2D eigenvalue weighted by Gasteiger charge is -2.32. The largest absolute Gasteiger partial charge is 0.496 e. The van der Waals surface area contributed by atoms with E-state index >= 15 is 0 Å². The summed E-state index contributed by atoms with van der Waals surface area (Å²) in [5.41, 5.74) is 1.14. The van der Waals surface area contributed by atoms with Gasteiger partial charge in [0.2, 0.25) is 11.8 Å². The maximum absolute atomic E-state index is 13.8. The van der Waals surface area contributed by atoms with Crippen LogP contribution in [0.4, 0.5) is 0 Å². The number of aromatic amines is 1. The SMILES string of the molecule is COc1cccc2[nH]c(C(=O)N3CC4CCCC4C3C(=O)NC(CC3C(=O)NCCC3C)C(=O)CO)cc12. The first-order valence-electron chi connectivity index (χ1n) is 13.5. The lowest BCUT2D eigenvalue weighted by Crippen LogP contribution is -2.54. The number of hydrogen-bond acceptors (Lipinski definition) is 6. The van der Waals surface area contributed by atoms with E-state index in [9.17, 15) is 24.3 Å². The number of benzene rings is 1. The van der Waals surface area contributed by atoms with Crippen LogP contribution in [0.1, 0.15) is 49.5 Å². The molecule has 3 aliphatic rings. The summed E-state index contributed by atoms with van der Waals surface area (Å²) in [7, 11) is 1.58. The van der Waals surface area contributed by atoms with E-state index in [4.69, 9.17) is 4.74 Å². The van der Waals surface area contributed by atoms with Crippen LogP contribution in [0.3, 0.4) is 0 Å². The van der Waals surface area contributed by atoms with Crippen LogP contribution in [0.15, 0.2) is 24.3 Å². The number of aliphatic hydroxyl groups is 1. The van der Waals surface area contributed by atoms with Gasteiger partial charge in [0.15, 0.2) is 5.78 Å². The molecule has 1 aliphatic carbocycles. The fourth-order valence-corrected chi connectivity index (χ4v) is 6.67. The van der Waals surface area contributed by atoms with Gasteiger partial charge >= 0.3 is 0 Å². The number of aliphatic hydroxyl groups excluding tert-OH is 1. The molecule has 0 bridgehead atoms. The number of carbonyl (C=O) groups excluding carboxylic acids is 4. The van der Waals surface area contributed by atoms with Crippen molar-refractivity contribution < 1.29 is 29.0 Å². The van der Waals surface area contributed by atoms with Crippen LogP contribution in [0.25, 0.3) is 10.9 Å². The molecule has 0 spiro atoms. The van der Waals surface area contributed by atoms with E-state index in [0.29, 0.717) is 24.5 Å². The van der Waals surface area contributed by atoms with Crippen molar-refractivity contribution in [1.82, 2.24) is 20.5 Å². The zero-order valence-corrected chi connectivity index (χ0v) is 21.9. The maximum Gasteiger partial charge on any atom is 0.271 e. The van der Waals surface area contributed by atoms with Gasteiger partial charge in [0, 0.05) is 29.9 Å². The number of carbonyl (C=O) groups is 4. The number of ketones is 1. The summed E-state index contributed by atoms with van der Waals surface area (Å²) in [5.74, 6) is -0.882. The first-order valence-corrected chi connectivity index (χ1v) is 13.5. The van der Waals surface area contributed by atoms with Gasteiger partial charge in [-0.3, -0.25) is 19.2 Å². The summed E-state index contributed by atoms with van der Waals surface area (Å²) in [6, 6.07) is 5.56. The van der Waals surface area contributed by atoms with Crippen LogP contribution in [-0.2, 0) is 14.4 Å². The van der Waals surface area contributed by atoms with Gasteiger partial charge in [0.1, 0.15) is 24.1 Å². The molecule has 3 heterocycles. The molecular formula is C28H36N4O6. The molecule has 3 fully saturated rings. The van der Waals surface area contributed by atoms with Gasteiger partial charge in [0.05, 0.1) is 13.2 Å². The molecule has 204 valence electrons. The number of rotatable bonds is 8. The molecule has 10 nitrogen and oxygen atoms in total.